The molecule has 5 heteroatoms. The lowest BCUT2D eigenvalue weighted by molar-refractivity contribution is 0.102. The predicted molar refractivity (Wildman–Crippen MR) is 133 cm³/mol. The van der Waals surface area contributed by atoms with Crippen LogP contribution in [0.1, 0.15) is 34.0 Å². The molecule has 3 aromatic carbocycles. The minimum Gasteiger partial charge on any atom is -0.493 e. The van der Waals surface area contributed by atoms with E-state index in [1.165, 1.54) is 5.56 Å². The molecule has 1 aliphatic rings. The quantitative estimate of drug-likeness (QED) is 0.429. The second kappa shape index (κ2) is 8.94. The van der Waals surface area contributed by atoms with Crippen LogP contribution < -0.4 is 15.0 Å². The summed E-state index contributed by atoms with van der Waals surface area (Å²) in [6, 6.07) is 25.8. The monoisotopic (exact) mass is 437 g/mol. The highest BCUT2D eigenvalue weighted by molar-refractivity contribution is 6.06. The van der Waals surface area contributed by atoms with Gasteiger partial charge < -0.3 is 15.0 Å². The van der Waals surface area contributed by atoms with Crippen LogP contribution in [-0.2, 0) is 0 Å². The van der Waals surface area contributed by atoms with Crippen LogP contribution in [0.2, 0.25) is 0 Å². The number of pyridine rings is 1. The van der Waals surface area contributed by atoms with Crippen LogP contribution in [0, 0.1) is 6.92 Å². The number of carbonyl (C=O) groups is 1. The number of amides is 1. The average molecular weight is 438 g/mol. The Morgan fingerprint density at radius 3 is 2.48 bits per heavy atom. The van der Waals surface area contributed by atoms with Gasteiger partial charge in [-0.2, -0.15) is 0 Å². The van der Waals surface area contributed by atoms with Gasteiger partial charge in [0.2, 0.25) is 0 Å². The molecule has 33 heavy (non-hydrogen) atoms. The summed E-state index contributed by atoms with van der Waals surface area (Å²) < 4.78 is 5.84. The summed E-state index contributed by atoms with van der Waals surface area (Å²) in [5, 5.41) is 4.01. The molecule has 5 rings (SSSR count). The fourth-order valence-electron chi connectivity index (χ4n) is 4.74. The number of hydrogen-bond donors (Lipinski definition) is 1. The SMILES string of the molecule is COc1c(C)nc2ccc(NC(=O)c3ccccc3)cc2c1N1CCC(c2ccccc2)C1. The highest BCUT2D eigenvalue weighted by Gasteiger charge is 2.28. The lowest BCUT2D eigenvalue weighted by atomic mass is 9.99. The van der Waals surface area contributed by atoms with Crippen molar-refractivity contribution in [2.75, 3.05) is 30.4 Å². The predicted octanol–water partition coefficient (Wildman–Crippen LogP) is 5.80. The number of aryl methyl sites for hydroxylation is 1. The number of benzene rings is 3. The third-order valence-electron chi connectivity index (χ3n) is 6.36. The normalized spacial score (nSPS) is 15.6. The molecule has 1 saturated heterocycles. The summed E-state index contributed by atoms with van der Waals surface area (Å²) in [6.07, 6.45) is 1.08. The maximum atomic E-state index is 12.7. The Hall–Kier alpha value is -3.86. The van der Waals surface area contributed by atoms with Gasteiger partial charge in [-0.25, -0.2) is 4.98 Å². The second-order valence-corrected chi connectivity index (χ2v) is 8.47. The first-order chi connectivity index (χ1) is 16.1. The Balaban J connectivity index is 1.52. The van der Waals surface area contributed by atoms with Crippen LogP contribution in [0.4, 0.5) is 11.4 Å². The first-order valence-corrected chi connectivity index (χ1v) is 11.3. The van der Waals surface area contributed by atoms with Crippen molar-refractivity contribution in [2.24, 2.45) is 0 Å². The van der Waals surface area contributed by atoms with E-state index in [0.717, 1.165) is 53.2 Å². The molecule has 1 fully saturated rings. The van der Waals surface area contributed by atoms with E-state index in [-0.39, 0.29) is 5.91 Å². The summed E-state index contributed by atoms with van der Waals surface area (Å²) in [7, 11) is 1.70. The fraction of sp³-hybridized carbons (Fsp3) is 0.214. The van der Waals surface area contributed by atoms with Crippen molar-refractivity contribution in [3.8, 4) is 5.75 Å². The molecule has 0 aliphatic carbocycles. The Labute approximate surface area is 194 Å². The third kappa shape index (κ3) is 4.14. The largest absolute Gasteiger partial charge is 0.493 e. The molecule has 2 heterocycles. The van der Waals surface area contributed by atoms with Crippen LogP contribution in [0.5, 0.6) is 5.75 Å². The van der Waals surface area contributed by atoms with E-state index >= 15 is 0 Å². The van der Waals surface area contributed by atoms with Crippen LogP contribution >= 0.6 is 0 Å². The van der Waals surface area contributed by atoms with E-state index in [2.05, 4.69) is 40.5 Å². The van der Waals surface area contributed by atoms with Crippen molar-refractivity contribution in [3.05, 3.63) is 95.7 Å². The van der Waals surface area contributed by atoms with Gasteiger partial charge in [0.25, 0.3) is 5.91 Å². The highest BCUT2D eigenvalue weighted by atomic mass is 16.5. The molecule has 1 aliphatic heterocycles. The first kappa shape index (κ1) is 21.0. The van der Waals surface area contributed by atoms with Gasteiger partial charge in [0, 0.05) is 35.6 Å². The number of nitrogens with zero attached hydrogens (tertiary/aromatic N) is 2. The summed E-state index contributed by atoms with van der Waals surface area (Å²) in [4.78, 5) is 19.9. The minimum absolute atomic E-state index is 0.131. The van der Waals surface area contributed by atoms with Crippen LogP contribution in [-0.4, -0.2) is 31.1 Å². The maximum absolute atomic E-state index is 12.7. The molecule has 1 amide bonds. The van der Waals surface area contributed by atoms with Crippen molar-refractivity contribution in [2.45, 2.75) is 19.3 Å². The van der Waals surface area contributed by atoms with Crippen LogP contribution in [0.25, 0.3) is 10.9 Å². The summed E-state index contributed by atoms with van der Waals surface area (Å²) in [5.74, 6) is 1.14. The van der Waals surface area contributed by atoms with Gasteiger partial charge in [0.15, 0.2) is 5.75 Å². The summed E-state index contributed by atoms with van der Waals surface area (Å²) >= 11 is 0. The number of carbonyl (C=O) groups excluding carboxylic acids is 1. The van der Waals surface area contributed by atoms with E-state index in [1.54, 1.807) is 7.11 Å². The molecule has 1 N–H and O–H groups in total. The number of fused-ring (bicyclic) bond motifs is 1. The number of anilines is 2. The standard InChI is InChI=1S/C28H27N3O2/c1-19-27(33-2)26(31-16-15-22(18-31)20-9-5-3-6-10-20)24-17-23(13-14-25(24)29-19)30-28(32)21-11-7-4-8-12-21/h3-14,17,22H,15-16,18H2,1-2H3,(H,30,32). The lowest BCUT2D eigenvalue weighted by Crippen LogP contribution is -2.21. The molecule has 4 aromatic rings. The number of methoxy groups -OCH3 is 1. The van der Waals surface area contributed by atoms with Crippen molar-refractivity contribution >= 4 is 28.2 Å². The second-order valence-electron chi connectivity index (χ2n) is 8.47. The molecular weight excluding hydrogens is 410 g/mol. The maximum Gasteiger partial charge on any atom is 0.255 e. The zero-order chi connectivity index (χ0) is 22.8. The molecule has 0 bridgehead atoms. The average Bonchev–Trinajstić information content (AvgIpc) is 3.34. The van der Waals surface area contributed by atoms with E-state index in [1.807, 2.05) is 55.5 Å². The Morgan fingerprint density at radius 1 is 1.03 bits per heavy atom. The summed E-state index contributed by atoms with van der Waals surface area (Å²) in [5.41, 5.74) is 5.54. The van der Waals surface area contributed by atoms with Gasteiger partial charge >= 0.3 is 0 Å². The van der Waals surface area contributed by atoms with E-state index in [4.69, 9.17) is 9.72 Å². The molecular formula is C28H27N3O2. The molecule has 1 unspecified atom stereocenters. The first-order valence-electron chi connectivity index (χ1n) is 11.3. The van der Waals surface area contributed by atoms with Gasteiger partial charge in [-0.05, 0) is 49.2 Å². The number of nitrogens with one attached hydrogen (secondary N) is 1. The smallest absolute Gasteiger partial charge is 0.255 e. The van der Waals surface area contributed by atoms with Crippen molar-refractivity contribution in [1.82, 2.24) is 4.98 Å². The molecule has 0 spiro atoms. The lowest BCUT2D eigenvalue weighted by Gasteiger charge is -2.24. The highest BCUT2D eigenvalue weighted by Crippen LogP contribution is 2.42. The van der Waals surface area contributed by atoms with E-state index < -0.39 is 0 Å². The Kier molecular flexibility index (Phi) is 5.69. The zero-order valence-corrected chi connectivity index (χ0v) is 18.9. The number of rotatable bonds is 5. The topological polar surface area (TPSA) is 54.5 Å². The minimum atomic E-state index is -0.131. The van der Waals surface area contributed by atoms with Gasteiger partial charge in [-0.3, -0.25) is 4.79 Å². The Bertz CT molecular complexity index is 1290. The van der Waals surface area contributed by atoms with Gasteiger partial charge in [-0.1, -0.05) is 48.5 Å². The zero-order valence-electron chi connectivity index (χ0n) is 18.9. The number of hydrogen-bond acceptors (Lipinski definition) is 4. The van der Waals surface area contributed by atoms with Crippen LogP contribution in [0.3, 0.4) is 0 Å². The molecule has 1 aromatic heterocycles. The molecule has 5 nitrogen and oxygen atoms in total. The fourth-order valence-corrected chi connectivity index (χ4v) is 4.74. The third-order valence-corrected chi connectivity index (χ3v) is 6.36. The van der Waals surface area contributed by atoms with Crippen molar-refractivity contribution in [3.63, 3.8) is 0 Å². The number of aromatic nitrogens is 1. The number of ether oxygens (including phenoxy) is 1. The van der Waals surface area contributed by atoms with Gasteiger partial charge in [0.05, 0.1) is 24.0 Å². The Morgan fingerprint density at radius 2 is 1.76 bits per heavy atom. The van der Waals surface area contributed by atoms with Gasteiger partial charge in [-0.15, -0.1) is 0 Å². The van der Waals surface area contributed by atoms with E-state index in [9.17, 15) is 4.79 Å². The molecule has 0 radical (unpaired) electrons. The van der Waals surface area contributed by atoms with Gasteiger partial charge in [0.1, 0.15) is 0 Å². The molecule has 166 valence electrons. The van der Waals surface area contributed by atoms with Crippen molar-refractivity contribution < 1.29 is 9.53 Å². The van der Waals surface area contributed by atoms with Crippen LogP contribution in [0.15, 0.2) is 78.9 Å². The van der Waals surface area contributed by atoms with Crippen molar-refractivity contribution in [1.29, 1.82) is 0 Å². The summed E-state index contributed by atoms with van der Waals surface area (Å²) in [6.45, 7) is 3.84. The molecule has 0 saturated carbocycles. The molecule has 1 atom stereocenters. The van der Waals surface area contributed by atoms with E-state index in [0.29, 0.717) is 11.5 Å².